The first-order valence-electron chi connectivity index (χ1n) is 9.12. The van der Waals surface area contributed by atoms with E-state index in [1.54, 1.807) is 7.05 Å². The molecule has 0 aromatic carbocycles. The van der Waals surface area contributed by atoms with Gasteiger partial charge in [-0.2, -0.15) is 10.1 Å². The van der Waals surface area contributed by atoms with E-state index >= 15 is 0 Å². The van der Waals surface area contributed by atoms with Crippen LogP contribution in [0.5, 0.6) is 0 Å². The fraction of sp³-hybridized carbons (Fsp3) is 0.647. The quantitative estimate of drug-likeness (QED) is 0.620. The normalized spacial score (nSPS) is 14.9. The van der Waals surface area contributed by atoms with Gasteiger partial charge in [0.25, 0.3) is 5.56 Å². The Balaban J connectivity index is 2.01. The van der Waals surface area contributed by atoms with Gasteiger partial charge >= 0.3 is 5.69 Å². The lowest BCUT2D eigenvalue weighted by Crippen LogP contribution is -2.29. The molecule has 1 fully saturated rings. The number of anilines is 1. The third-order valence-corrected chi connectivity index (χ3v) is 4.74. The molecule has 136 valence electrons. The lowest BCUT2D eigenvalue weighted by atomic mass is 9.99. The smallest absolute Gasteiger partial charge is 0.303 e. The summed E-state index contributed by atoms with van der Waals surface area (Å²) < 4.78 is 3.21. The number of aromatic amines is 1. The number of imidazole rings is 1. The fourth-order valence-electron chi connectivity index (χ4n) is 3.26. The predicted octanol–water partition coefficient (Wildman–Crippen LogP) is 2.35. The van der Waals surface area contributed by atoms with Crippen LogP contribution in [0.2, 0.25) is 0 Å². The highest BCUT2D eigenvalue weighted by Crippen LogP contribution is 2.19. The average molecular weight is 346 g/mol. The highest BCUT2D eigenvalue weighted by molar-refractivity contribution is 5.85. The van der Waals surface area contributed by atoms with Crippen LogP contribution in [0.3, 0.4) is 0 Å². The van der Waals surface area contributed by atoms with E-state index in [4.69, 9.17) is 0 Å². The van der Waals surface area contributed by atoms with Gasteiger partial charge in [0.2, 0.25) is 5.95 Å². The van der Waals surface area contributed by atoms with Crippen LogP contribution in [-0.2, 0) is 13.6 Å². The third-order valence-electron chi connectivity index (χ3n) is 4.74. The third kappa shape index (κ3) is 3.67. The van der Waals surface area contributed by atoms with E-state index in [2.05, 4.69) is 27.4 Å². The van der Waals surface area contributed by atoms with Gasteiger partial charge in [-0.05, 0) is 32.1 Å². The van der Waals surface area contributed by atoms with Gasteiger partial charge in [0.05, 0.1) is 0 Å². The highest BCUT2D eigenvalue weighted by atomic mass is 16.2. The fourth-order valence-corrected chi connectivity index (χ4v) is 3.26. The lowest BCUT2D eigenvalue weighted by molar-refractivity contribution is 0.614. The number of rotatable bonds is 6. The number of hydrogen-bond acceptors (Lipinski definition) is 5. The van der Waals surface area contributed by atoms with Crippen molar-refractivity contribution in [2.45, 2.75) is 64.8 Å². The molecule has 0 saturated heterocycles. The topological polar surface area (TPSA) is 97.1 Å². The number of fused-ring (bicyclic) bond motifs is 1. The molecule has 2 heterocycles. The summed E-state index contributed by atoms with van der Waals surface area (Å²) in [6.45, 7) is 2.80. The number of H-pyrrole nitrogens is 1. The number of hydrazone groups is 1. The second kappa shape index (κ2) is 7.67. The van der Waals surface area contributed by atoms with Crippen LogP contribution in [0, 0.1) is 0 Å². The van der Waals surface area contributed by atoms with Crippen LogP contribution in [0.25, 0.3) is 11.2 Å². The summed E-state index contributed by atoms with van der Waals surface area (Å²) >= 11 is 0. The van der Waals surface area contributed by atoms with Gasteiger partial charge in [-0.1, -0.05) is 26.2 Å². The highest BCUT2D eigenvalue weighted by Gasteiger charge is 2.17. The van der Waals surface area contributed by atoms with Crippen molar-refractivity contribution >= 4 is 22.8 Å². The Morgan fingerprint density at radius 3 is 2.68 bits per heavy atom. The Morgan fingerprint density at radius 1 is 1.20 bits per heavy atom. The molecule has 0 atom stereocenters. The molecule has 0 radical (unpaired) electrons. The summed E-state index contributed by atoms with van der Waals surface area (Å²) in [5.41, 5.74) is 4.13. The minimum Gasteiger partial charge on any atom is -0.303 e. The van der Waals surface area contributed by atoms with E-state index < -0.39 is 11.2 Å². The number of aryl methyl sites for hydroxylation is 2. The molecule has 0 amide bonds. The summed E-state index contributed by atoms with van der Waals surface area (Å²) in [6, 6.07) is 0. The lowest BCUT2D eigenvalue weighted by Gasteiger charge is -2.13. The van der Waals surface area contributed by atoms with Gasteiger partial charge in [0.1, 0.15) is 0 Å². The van der Waals surface area contributed by atoms with Crippen molar-refractivity contribution in [2.75, 3.05) is 5.43 Å². The predicted molar refractivity (Wildman–Crippen MR) is 99.3 cm³/mol. The van der Waals surface area contributed by atoms with Crippen molar-refractivity contribution in [2.24, 2.45) is 12.1 Å². The van der Waals surface area contributed by atoms with Crippen molar-refractivity contribution in [1.82, 2.24) is 19.1 Å². The summed E-state index contributed by atoms with van der Waals surface area (Å²) in [6.07, 6.45) is 8.69. The zero-order valence-electron chi connectivity index (χ0n) is 15.0. The van der Waals surface area contributed by atoms with E-state index in [0.717, 1.165) is 37.8 Å². The summed E-state index contributed by atoms with van der Waals surface area (Å²) in [7, 11) is 1.61. The molecule has 0 aliphatic heterocycles. The Morgan fingerprint density at radius 2 is 1.96 bits per heavy atom. The van der Waals surface area contributed by atoms with Crippen LogP contribution in [0.1, 0.15) is 58.3 Å². The van der Waals surface area contributed by atoms with Gasteiger partial charge in [0.15, 0.2) is 11.2 Å². The first-order chi connectivity index (χ1) is 12.1. The van der Waals surface area contributed by atoms with Crippen molar-refractivity contribution in [3.8, 4) is 0 Å². The molecular formula is C17H26N6O2. The van der Waals surface area contributed by atoms with Crippen LogP contribution < -0.4 is 16.7 Å². The van der Waals surface area contributed by atoms with Crippen LogP contribution in [0.15, 0.2) is 14.7 Å². The van der Waals surface area contributed by atoms with E-state index in [9.17, 15) is 9.59 Å². The summed E-state index contributed by atoms with van der Waals surface area (Å²) in [5, 5.41) is 4.50. The Bertz CT molecular complexity index is 881. The van der Waals surface area contributed by atoms with Crippen molar-refractivity contribution in [3.05, 3.63) is 20.8 Å². The molecule has 0 spiro atoms. The minimum absolute atomic E-state index is 0.386. The average Bonchev–Trinajstić information content (AvgIpc) is 2.98. The van der Waals surface area contributed by atoms with E-state index in [0.29, 0.717) is 23.7 Å². The molecular weight excluding hydrogens is 320 g/mol. The second-order valence-corrected chi connectivity index (χ2v) is 6.64. The maximum absolute atomic E-state index is 12.3. The first kappa shape index (κ1) is 17.4. The zero-order valence-corrected chi connectivity index (χ0v) is 15.0. The molecule has 0 unspecified atom stereocenters. The van der Waals surface area contributed by atoms with Gasteiger partial charge < -0.3 is 4.57 Å². The molecule has 25 heavy (non-hydrogen) atoms. The Kier molecular flexibility index (Phi) is 5.35. The van der Waals surface area contributed by atoms with Crippen LogP contribution in [-0.4, -0.2) is 24.8 Å². The van der Waals surface area contributed by atoms with Gasteiger partial charge in [-0.3, -0.25) is 14.3 Å². The number of hydrogen-bond donors (Lipinski definition) is 2. The number of aromatic nitrogens is 4. The summed E-state index contributed by atoms with van der Waals surface area (Å²) in [4.78, 5) is 31.0. The molecule has 8 nitrogen and oxygen atoms in total. The molecule has 1 saturated carbocycles. The minimum atomic E-state index is -0.458. The van der Waals surface area contributed by atoms with Crippen LogP contribution in [0.4, 0.5) is 5.95 Å². The first-order valence-corrected chi connectivity index (χ1v) is 9.12. The largest absolute Gasteiger partial charge is 0.329 e. The second-order valence-electron chi connectivity index (χ2n) is 6.64. The summed E-state index contributed by atoms with van der Waals surface area (Å²) in [5.74, 6) is 0.524. The van der Waals surface area contributed by atoms with Crippen LogP contribution >= 0.6 is 0 Å². The molecule has 8 heteroatoms. The molecule has 1 aliphatic rings. The maximum Gasteiger partial charge on any atom is 0.329 e. The Hall–Kier alpha value is -2.38. The standard InChI is InChI=1S/C17H26N6O2/c1-3-4-8-11-23-13-14(22(2)17(25)19-15(13)24)18-16(23)21-20-12-9-6-5-7-10-12/h3-11H2,1-2H3,(H,18,21)(H,19,24,25). The molecule has 1 aliphatic carbocycles. The molecule has 0 bridgehead atoms. The molecule has 2 aromatic heterocycles. The van der Waals surface area contributed by atoms with Gasteiger partial charge in [0, 0.05) is 19.3 Å². The number of unbranched alkanes of at least 4 members (excludes halogenated alkanes) is 2. The van der Waals surface area contributed by atoms with E-state index in [1.165, 1.54) is 23.8 Å². The zero-order chi connectivity index (χ0) is 17.8. The van der Waals surface area contributed by atoms with Gasteiger partial charge in [-0.15, -0.1) is 0 Å². The number of nitrogens with one attached hydrogen (secondary N) is 2. The molecule has 2 aromatic rings. The van der Waals surface area contributed by atoms with Crippen molar-refractivity contribution in [1.29, 1.82) is 0 Å². The maximum atomic E-state index is 12.3. The van der Waals surface area contributed by atoms with Gasteiger partial charge in [-0.25, -0.2) is 10.2 Å². The SMILES string of the molecule is CCCCCn1c(NN=C2CCCCC2)nc2c1c(=O)[nH]c(=O)n2C. The number of nitrogens with zero attached hydrogens (tertiary/aromatic N) is 4. The Labute approximate surface area is 146 Å². The van der Waals surface area contributed by atoms with E-state index in [-0.39, 0.29) is 0 Å². The van der Waals surface area contributed by atoms with E-state index in [1.807, 2.05) is 4.57 Å². The van der Waals surface area contributed by atoms with Crippen molar-refractivity contribution in [3.63, 3.8) is 0 Å². The van der Waals surface area contributed by atoms with Crippen molar-refractivity contribution < 1.29 is 0 Å². The monoisotopic (exact) mass is 346 g/mol. The molecule has 2 N–H and O–H groups in total. The molecule has 3 rings (SSSR count).